The molecule has 9 nitrogen and oxygen atoms in total. The standard InChI is InChI=1S/C14H25N7O2S.HI/c1-12(2)19-24(22,23)11-6-16-13(15)20-7-9-21(10-8-20)14-17-4-3-5-18-14;/h3-5,12,19H,6-11H2,1-2H3,(H2,15,16);1H. The number of guanidine groups is 1. The van der Waals surface area contributed by atoms with Crippen LogP contribution in [0, 0.1) is 0 Å². The first-order chi connectivity index (χ1) is 11.4. The van der Waals surface area contributed by atoms with E-state index in [2.05, 4.69) is 24.6 Å². The van der Waals surface area contributed by atoms with Crippen molar-refractivity contribution in [1.82, 2.24) is 19.6 Å². The number of hydrogen-bond donors (Lipinski definition) is 2. The van der Waals surface area contributed by atoms with Crippen molar-refractivity contribution in [2.24, 2.45) is 10.7 Å². The highest BCUT2D eigenvalue weighted by molar-refractivity contribution is 14.0. The summed E-state index contributed by atoms with van der Waals surface area (Å²) in [5, 5.41) is 0. The highest BCUT2D eigenvalue weighted by Crippen LogP contribution is 2.09. The first kappa shape index (κ1) is 21.8. The SMILES string of the molecule is CC(C)NS(=O)(=O)CCN=C(N)N1CCN(c2ncccn2)CC1.I. The minimum absolute atomic E-state index is 0. The van der Waals surface area contributed by atoms with Gasteiger partial charge in [-0.1, -0.05) is 0 Å². The molecule has 142 valence electrons. The fraction of sp³-hybridized carbons (Fsp3) is 0.643. The van der Waals surface area contributed by atoms with Gasteiger partial charge in [0.25, 0.3) is 0 Å². The third kappa shape index (κ3) is 7.28. The van der Waals surface area contributed by atoms with E-state index in [1.54, 1.807) is 32.3 Å². The highest BCUT2D eigenvalue weighted by Gasteiger charge is 2.20. The van der Waals surface area contributed by atoms with Crippen molar-refractivity contribution < 1.29 is 8.42 Å². The molecular formula is C14H26IN7O2S. The van der Waals surface area contributed by atoms with Crippen LogP contribution in [0.15, 0.2) is 23.5 Å². The van der Waals surface area contributed by atoms with E-state index < -0.39 is 10.0 Å². The van der Waals surface area contributed by atoms with Gasteiger partial charge < -0.3 is 15.5 Å². The normalized spacial score (nSPS) is 16.0. The minimum Gasteiger partial charge on any atom is -0.370 e. The zero-order valence-electron chi connectivity index (χ0n) is 14.5. The first-order valence-electron chi connectivity index (χ1n) is 7.94. The smallest absolute Gasteiger partial charge is 0.225 e. The third-order valence-electron chi connectivity index (χ3n) is 3.49. The average molecular weight is 483 g/mol. The van der Waals surface area contributed by atoms with E-state index in [0.29, 0.717) is 25.0 Å². The van der Waals surface area contributed by atoms with Crippen LogP contribution in [0.2, 0.25) is 0 Å². The van der Waals surface area contributed by atoms with Crippen molar-refractivity contribution in [1.29, 1.82) is 0 Å². The molecule has 11 heteroatoms. The molecule has 0 saturated carbocycles. The number of aliphatic imine (C=N–C) groups is 1. The molecule has 2 heterocycles. The molecule has 1 aromatic rings. The number of piperazine rings is 1. The van der Waals surface area contributed by atoms with Crippen molar-refractivity contribution in [3.63, 3.8) is 0 Å². The van der Waals surface area contributed by atoms with Gasteiger partial charge >= 0.3 is 0 Å². The van der Waals surface area contributed by atoms with Gasteiger partial charge in [0.15, 0.2) is 5.96 Å². The van der Waals surface area contributed by atoms with Gasteiger partial charge in [-0.05, 0) is 19.9 Å². The predicted octanol–water partition coefficient (Wildman–Crippen LogP) is -0.141. The van der Waals surface area contributed by atoms with Crippen molar-refractivity contribution in [2.45, 2.75) is 19.9 Å². The summed E-state index contributed by atoms with van der Waals surface area (Å²) >= 11 is 0. The molecule has 1 fully saturated rings. The summed E-state index contributed by atoms with van der Waals surface area (Å²) in [7, 11) is -3.31. The molecule has 0 unspecified atom stereocenters. The van der Waals surface area contributed by atoms with Gasteiger partial charge in [0, 0.05) is 44.6 Å². The van der Waals surface area contributed by atoms with E-state index in [-0.39, 0.29) is 42.3 Å². The van der Waals surface area contributed by atoms with Crippen LogP contribution < -0.4 is 15.4 Å². The molecule has 2 rings (SSSR count). The lowest BCUT2D eigenvalue weighted by molar-refractivity contribution is 0.378. The van der Waals surface area contributed by atoms with Crippen molar-refractivity contribution in [3.8, 4) is 0 Å². The van der Waals surface area contributed by atoms with E-state index in [4.69, 9.17) is 5.73 Å². The zero-order chi connectivity index (χ0) is 17.6. The number of aromatic nitrogens is 2. The molecule has 1 aromatic heterocycles. The van der Waals surface area contributed by atoms with Crippen molar-refractivity contribution >= 4 is 45.9 Å². The Morgan fingerprint density at radius 2 is 1.88 bits per heavy atom. The third-order valence-corrected chi connectivity index (χ3v) is 5.04. The molecule has 0 spiro atoms. The molecular weight excluding hydrogens is 457 g/mol. The Bertz CT molecular complexity index is 646. The summed E-state index contributed by atoms with van der Waals surface area (Å²) in [5.74, 6) is 1.02. The molecule has 0 atom stereocenters. The fourth-order valence-corrected chi connectivity index (χ4v) is 3.56. The Hall–Kier alpha value is -1.21. The van der Waals surface area contributed by atoms with Crippen LogP contribution in [0.3, 0.4) is 0 Å². The van der Waals surface area contributed by atoms with E-state index in [1.165, 1.54) is 0 Å². The Labute approximate surface area is 166 Å². The van der Waals surface area contributed by atoms with Gasteiger partial charge in [-0.2, -0.15) is 0 Å². The molecule has 0 aliphatic carbocycles. The number of nitrogens with two attached hydrogens (primary N) is 1. The van der Waals surface area contributed by atoms with Gasteiger partial charge in [-0.3, -0.25) is 4.99 Å². The summed E-state index contributed by atoms with van der Waals surface area (Å²) < 4.78 is 26.0. The number of anilines is 1. The van der Waals surface area contributed by atoms with E-state index in [9.17, 15) is 8.42 Å². The molecule has 0 radical (unpaired) electrons. The molecule has 3 N–H and O–H groups in total. The molecule has 0 aromatic carbocycles. The second-order valence-electron chi connectivity index (χ2n) is 5.85. The largest absolute Gasteiger partial charge is 0.370 e. The summed E-state index contributed by atoms with van der Waals surface area (Å²) in [6.45, 7) is 6.60. The Morgan fingerprint density at radius 3 is 2.44 bits per heavy atom. The number of sulfonamides is 1. The van der Waals surface area contributed by atoms with Crippen molar-refractivity contribution in [3.05, 3.63) is 18.5 Å². The van der Waals surface area contributed by atoms with Crippen molar-refractivity contribution in [2.75, 3.05) is 43.4 Å². The predicted molar refractivity (Wildman–Crippen MR) is 110 cm³/mol. The summed E-state index contributed by atoms with van der Waals surface area (Å²) in [4.78, 5) is 16.7. The Kier molecular flexibility index (Phi) is 8.79. The first-order valence-corrected chi connectivity index (χ1v) is 9.59. The average Bonchev–Trinajstić information content (AvgIpc) is 2.54. The minimum atomic E-state index is -3.31. The Balaban J connectivity index is 0.00000312. The lowest BCUT2D eigenvalue weighted by atomic mass is 10.3. The maximum Gasteiger partial charge on any atom is 0.225 e. The number of nitrogens with one attached hydrogen (secondary N) is 1. The molecule has 1 aliphatic heterocycles. The van der Waals surface area contributed by atoms with Gasteiger partial charge in [0.05, 0.1) is 12.3 Å². The van der Waals surface area contributed by atoms with Gasteiger partial charge in [0.2, 0.25) is 16.0 Å². The maximum absolute atomic E-state index is 11.7. The van der Waals surface area contributed by atoms with Crippen LogP contribution in [0.5, 0.6) is 0 Å². The topological polar surface area (TPSA) is 117 Å². The van der Waals surface area contributed by atoms with Crippen LogP contribution in [-0.4, -0.2) is 73.8 Å². The summed E-state index contributed by atoms with van der Waals surface area (Å²) in [6.07, 6.45) is 3.44. The maximum atomic E-state index is 11.7. The highest BCUT2D eigenvalue weighted by atomic mass is 127. The Morgan fingerprint density at radius 1 is 1.28 bits per heavy atom. The van der Waals surface area contributed by atoms with Gasteiger partial charge in [0.1, 0.15) is 0 Å². The zero-order valence-corrected chi connectivity index (χ0v) is 17.6. The van der Waals surface area contributed by atoms with E-state index in [0.717, 1.165) is 13.1 Å². The number of rotatable bonds is 6. The second kappa shape index (κ2) is 10.1. The van der Waals surface area contributed by atoms with Crippen LogP contribution in [0.1, 0.15) is 13.8 Å². The molecule has 25 heavy (non-hydrogen) atoms. The van der Waals surface area contributed by atoms with Gasteiger partial charge in [-0.25, -0.2) is 23.1 Å². The van der Waals surface area contributed by atoms with Crippen LogP contribution >= 0.6 is 24.0 Å². The van der Waals surface area contributed by atoms with E-state index >= 15 is 0 Å². The van der Waals surface area contributed by atoms with Gasteiger partial charge in [-0.15, -0.1) is 24.0 Å². The molecule has 0 bridgehead atoms. The number of hydrogen-bond acceptors (Lipinski definition) is 6. The molecule has 1 aliphatic rings. The quantitative estimate of drug-likeness (QED) is 0.329. The number of halogens is 1. The molecule has 1 saturated heterocycles. The van der Waals surface area contributed by atoms with Crippen LogP contribution in [0.25, 0.3) is 0 Å². The number of nitrogens with zero attached hydrogens (tertiary/aromatic N) is 5. The van der Waals surface area contributed by atoms with Crippen LogP contribution in [0.4, 0.5) is 5.95 Å². The monoisotopic (exact) mass is 483 g/mol. The fourth-order valence-electron chi connectivity index (χ4n) is 2.39. The summed E-state index contributed by atoms with van der Waals surface area (Å²) in [5.41, 5.74) is 5.97. The van der Waals surface area contributed by atoms with E-state index in [1.807, 2.05) is 4.90 Å². The van der Waals surface area contributed by atoms with Crippen LogP contribution in [-0.2, 0) is 10.0 Å². The second-order valence-corrected chi connectivity index (χ2v) is 7.73. The lowest BCUT2D eigenvalue weighted by Gasteiger charge is -2.35. The molecule has 0 amide bonds. The summed E-state index contributed by atoms with van der Waals surface area (Å²) in [6, 6.07) is 1.66. The lowest BCUT2D eigenvalue weighted by Crippen LogP contribution is -2.51.